The molecule has 5 heteroatoms. The van der Waals surface area contributed by atoms with Gasteiger partial charge in [-0.05, 0) is 18.9 Å². The number of quaternary nitrogens is 1. The highest BCUT2D eigenvalue weighted by Gasteiger charge is 2.15. The van der Waals surface area contributed by atoms with Gasteiger partial charge in [-0.15, -0.1) is 0 Å². The molecule has 184 valence electrons. The van der Waals surface area contributed by atoms with Crippen LogP contribution in [0.4, 0.5) is 0 Å². The van der Waals surface area contributed by atoms with Crippen LogP contribution in [0.25, 0.3) is 0 Å². The first-order valence-electron chi connectivity index (χ1n) is 12.4. The first-order valence-corrected chi connectivity index (χ1v) is 13.5. The molecule has 0 saturated heterocycles. The fraction of sp³-hybridized carbons (Fsp3) is 0.536. The highest BCUT2D eigenvalue weighted by molar-refractivity contribution is 7.84. The quantitative estimate of drug-likeness (QED) is 0.303. The predicted molar refractivity (Wildman–Crippen MR) is 139 cm³/mol. The minimum Gasteiger partial charge on any atom is -1.00 e. The molecular formula is C28H43ClN2OS. The SMILES string of the molecule is CCCCCCCCCCCC[N+](C)(C)Cc1ccccc1.O=S1N=Cc2ccccc21.[Cl-]. The Morgan fingerprint density at radius 1 is 0.758 bits per heavy atom. The van der Waals surface area contributed by atoms with Crippen LogP contribution in [-0.4, -0.2) is 35.5 Å². The molecule has 0 N–H and O–H groups in total. The van der Waals surface area contributed by atoms with Crippen molar-refractivity contribution < 1.29 is 21.1 Å². The van der Waals surface area contributed by atoms with Gasteiger partial charge in [0.25, 0.3) is 0 Å². The zero-order valence-electron chi connectivity index (χ0n) is 20.8. The third kappa shape index (κ3) is 12.5. The van der Waals surface area contributed by atoms with E-state index in [9.17, 15) is 4.21 Å². The summed E-state index contributed by atoms with van der Waals surface area (Å²) in [4.78, 5) is 0.822. The lowest BCUT2D eigenvalue weighted by Crippen LogP contribution is -3.00. The van der Waals surface area contributed by atoms with Crippen LogP contribution >= 0.6 is 0 Å². The van der Waals surface area contributed by atoms with Crippen molar-refractivity contribution in [2.24, 2.45) is 4.40 Å². The second-order valence-electron chi connectivity index (χ2n) is 9.51. The summed E-state index contributed by atoms with van der Waals surface area (Å²) in [5.41, 5.74) is 2.43. The van der Waals surface area contributed by atoms with Crippen LogP contribution in [0.2, 0.25) is 0 Å². The van der Waals surface area contributed by atoms with E-state index in [-0.39, 0.29) is 12.4 Å². The van der Waals surface area contributed by atoms with Crippen molar-refractivity contribution in [3.63, 3.8) is 0 Å². The number of nitrogens with zero attached hydrogens (tertiary/aromatic N) is 2. The number of rotatable bonds is 13. The molecule has 1 aliphatic rings. The summed E-state index contributed by atoms with van der Waals surface area (Å²) in [6, 6.07) is 18.4. The summed E-state index contributed by atoms with van der Waals surface area (Å²) < 4.78 is 15.8. The summed E-state index contributed by atoms with van der Waals surface area (Å²) in [5, 5.41) is 0. The van der Waals surface area contributed by atoms with Crippen LogP contribution in [0.1, 0.15) is 82.3 Å². The molecule has 2 aromatic rings. The van der Waals surface area contributed by atoms with Crippen molar-refractivity contribution in [1.82, 2.24) is 0 Å². The molecule has 1 atom stereocenters. The maximum Gasteiger partial charge on any atom is 0.173 e. The molecular weight excluding hydrogens is 448 g/mol. The number of hydrogen-bond acceptors (Lipinski definition) is 1. The molecule has 2 aromatic carbocycles. The highest BCUT2D eigenvalue weighted by atomic mass is 35.5. The largest absolute Gasteiger partial charge is 1.00 e. The van der Waals surface area contributed by atoms with E-state index in [1.54, 1.807) is 6.21 Å². The molecule has 0 aliphatic carbocycles. The lowest BCUT2D eigenvalue weighted by Gasteiger charge is -2.30. The van der Waals surface area contributed by atoms with Crippen LogP contribution < -0.4 is 12.4 Å². The molecule has 0 radical (unpaired) electrons. The summed E-state index contributed by atoms with van der Waals surface area (Å²) in [5.74, 6) is 0. The van der Waals surface area contributed by atoms with Crippen LogP contribution in [0.15, 0.2) is 63.9 Å². The van der Waals surface area contributed by atoms with Gasteiger partial charge < -0.3 is 16.9 Å². The molecule has 0 fully saturated rings. The lowest BCUT2D eigenvalue weighted by molar-refractivity contribution is -0.903. The summed E-state index contributed by atoms with van der Waals surface area (Å²) in [6.45, 7) is 4.74. The first-order chi connectivity index (χ1) is 15.5. The van der Waals surface area contributed by atoms with Crippen molar-refractivity contribution in [3.8, 4) is 0 Å². The Morgan fingerprint density at radius 2 is 1.30 bits per heavy atom. The highest BCUT2D eigenvalue weighted by Crippen LogP contribution is 2.17. The van der Waals surface area contributed by atoms with Crippen molar-refractivity contribution in [3.05, 3.63) is 65.7 Å². The first kappa shape index (κ1) is 29.5. The van der Waals surface area contributed by atoms with Gasteiger partial charge in [0.2, 0.25) is 0 Å². The maximum absolute atomic E-state index is 11.0. The van der Waals surface area contributed by atoms with E-state index in [4.69, 9.17) is 0 Å². The Kier molecular flexibility index (Phi) is 15.2. The van der Waals surface area contributed by atoms with E-state index in [1.165, 1.54) is 76.3 Å². The summed E-state index contributed by atoms with van der Waals surface area (Å²) in [7, 11) is 3.60. The average molecular weight is 491 g/mol. The molecule has 33 heavy (non-hydrogen) atoms. The standard InChI is InChI=1S/C21H38N.C7H5NOS.ClH/c1-4-5-6-7-8-9-10-11-12-16-19-22(2,3)20-21-17-14-13-15-18-21;9-10-7-4-2-1-3-6(7)5-8-10;/h13-15,17-18H,4-12,16,19-20H2,1-3H3;1-5H;1H/q+1;;/p-1. The second kappa shape index (κ2) is 17.0. The van der Waals surface area contributed by atoms with Crippen LogP contribution in [0.3, 0.4) is 0 Å². The Balaban J connectivity index is 0.000000409. The zero-order valence-corrected chi connectivity index (χ0v) is 22.4. The van der Waals surface area contributed by atoms with Crippen molar-refractivity contribution in [1.29, 1.82) is 0 Å². The van der Waals surface area contributed by atoms with E-state index >= 15 is 0 Å². The van der Waals surface area contributed by atoms with E-state index in [0.29, 0.717) is 0 Å². The van der Waals surface area contributed by atoms with Gasteiger partial charge >= 0.3 is 0 Å². The smallest absolute Gasteiger partial charge is 0.173 e. The van der Waals surface area contributed by atoms with Crippen molar-refractivity contribution >= 4 is 17.2 Å². The molecule has 0 aromatic heterocycles. The number of hydrogen-bond donors (Lipinski definition) is 0. The van der Waals surface area contributed by atoms with Gasteiger partial charge in [-0.1, -0.05) is 107 Å². The van der Waals surface area contributed by atoms with Crippen molar-refractivity contribution in [2.45, 2.75) is 82.6 Å². The van der Waals surface area contributed by atoms with Gasteiger partial charge in [-0.3, -0.25) is 0 Å². The van der Waals surface area contributed by atoms with Gasteiger partial charge in [0.15, 0.2) is 11.0 Å². The van der Waals surface area contributed by atoms with E-state index in [1.807, 2.05) is 24.3 Å². The Morgan fingerprint density at radius 3 is 1.91 bits per heavy atom. The van der Waals surface area contributed by atoms with Gasteiger partial charge in [-0.25, -0.2) is 4.21 Å². The lowest BCUT2D eigenvalue weighted by atomic mass is 10.1. The topological polar surface area (TPSA) is 29.4 Å². The Hall–Kier alpha value is -1.49. The van der Waals surface area contributed by atoms with Crippen LogP contribution in [0.5, 0.6) is 0 Å². The van der Waals surface area contributed by atoms with Gasteiger partial charge in [-0.2, -0.15) is 4.40 Å². The number of halogens is 1. The minimum absolute atomic E-state index is 0. The average Bonchev–Trinajstić information content (AvgIpc) is 3.17. The molecule has 3 nitrogen and oxygen atoms in total. The third-order valence-corrected chi connectivity index (χ3v) is 7.01. The summed E-state index contributed by atoms with van der Waals surface area (Å²) >= 11 is 0. The molecule has 1 heterocycles. The predicted octanol–water partition coefficient (Wildman–Crippen LogP) is 4.33. The number of benzene rings is 2. The van der Waals surface area contributed by atoms with Crippen LogP contribution in [-0.2, 0) is 17.5 Å². The van der Waals surface area contributed by atoms with Crippen molar-refractivity contribution in [2.75, 3.05) is 20.6 Å². The fourth-order valence-corrected chi connectivity index (χ4v) is 4.93. The third-order valence-electron chi connectivity index (χ3n) is 5.97. The normalized spacial score (nSPS) is 14.2. The molecule has 1 aliphatic heterocycles. The number of unbranched alkanes of at least 4 members (excludes halogenated alkanes) is 9. The Bertz CT molecular complexity index is 824. The van der Waals surface area contributed by atoms with Gasteiger partial charge in [0.05, 0.1) is 25.5 Å². The second-order valence-corrected chi connectivity index (χ2v) is 10.7. The molecule has 0 saturated carbocycles. The molecule has 1 unspecified atom stereocenters. The summed E-state index contributed by atoms with van der Waals surface area (Å²) in [6.07, 6.45) is 15.9. The monoisotopic (exact) mass is 490 g/mol. The molecule has 0 bridgehead atoms. The van der Waals surface area contributed by atoms with E-state index in [2.05, 4.69) is 55.7 Å². The zero-order chi connectivity index (χ0) is 23.1. The Labute approximate surface area is 211 Å². The van der Waals surface area contributed by atoms with Crippen LogP contribution in [0, 0.1) is 0 Å². The molecule has 0 amide bonds. The van der Waals surface area contributed by atoms with E-state index in [0.717, 1.165) is 21.5 Å². The maximum atomic E-state index is 11.0. The van der Waals surface area contributed by atoms with Gasteiger partial charge in [0, 0.05) is 17.3 Å². The van der Waals surface area contributed by atoms with E-state index < -0.39 is 11.0 Å². The molecule has 3 rings (SSSR count). The van der Waals surface area contributed by atoms with Gasteiger partial charge in [0.1, 0.15) is 6.54 Å². The fourth-order valence-electron chi connectivity index (χ4n) is 4.09. The molecule has 0 spiro atoms. The number of fused-ring (bicyclic) bond motifs is 1. The minimum atomic E-state index is -1.13.